The van der Waals surface area contributed by atoms with E-state index in [-0.39, 0.29) is 29.6 Å². The van der Waals surface area contributed by atoms with Crippen molar-refractivity contribution in [1.29, 1.82) is 0 Å². The van der Waals surface area contributed by atoms with Crippen LogP contribution in [0.2, 0.25) is 5.02 Å². The van der Waals surface area contributed by atoms with Crippen LogP contribution in [-0.4, -0.2) is 33.9 Å². The maximum absolute atomic E-state index is 12.8. The zero-order chi connectivity index (χ0) is 24.7. The minimum atomic E-state index is -3.73. The van der Waals surface area contributed by atoms with Crippen molar-refractivity contribution in [3.63, 3.8) is 0 Å². The van der Waals surface area contributed by atoms with Crippen LogP contribution >= 0.6 is 11.6 Å². The first-order valence-corrected chi connectivity index (χ1v) is 12.4. The van der Waals surface area contributed by atoms with E-state index < -0.39 is 10.0 Å². The summed E-state index contributed by atoms with van der Waals surface area (Å²) in [4.78, 5) is 24.1. The molecule has 0 fully saturated rings. The summed E-state index contributed by atoms with van der Waals surface area (Å²) in [6.45, 7) is 2.09. The summed E-state index contributed by atoms with van der Waals surface area (Å²) in [7, 11) is -2.26. The van der Waals surface area contributed by atoms with Gasteiger partial charge in [-0.2, -0.15) is 0 Å². The maximum Gasteiger partial charge on any atom is 0.310 e. The van der Waals surface area contributed by atoms with Crippen molar-refractivity contribution >= 4 is 44.9 Å². The normalized spacial score (nSPS) is 11.0. The molecule has 0 unspecified atom stereocenters. The van der Waals surface area contributed by atoms with E-state index in [4.69, 9.17) is 16.3 Å². The molecule has 34 heavy (non-hydrogen) atoms. The van der Waals surface area contributed by atoms with Crippen molar-refractivity contribution in [2.75, 3.05) is 23.3 Å². The second-order valence-corrected chi connectivity index (χ2v) is 9.90. The predicted octanol–water partition coefficient (Wildman–Crippen LogP) is 4.45. The highest BCUT2D eigenvalue weighted by Crippen LogP contribution is 2.24. The zero-order valence-electron chi connectivity index (χ0n) is 18.8. The first kappa shape index (κ1) is 25.3. The van der Waals surface area contributed by atoms with Crippen LogP contribution < -0.4 is 9.62 Å². The van der Waals surface area contributed by atoms with Crippen molar-refractivity contribution in [1.82, 2.24) is 0 Å². The molecule has 3 rings (SSSR count). The van der Waals surface area contributed by atoms with E-state index in [1.807, 2.05) is 0 Å². The molecule has 0 aliphatic rings. The summed E-state index contributed by atoms with van der Waals surface area (Å²) in [6.07, 6.45) is 0.301. The molecule has 3 aromatic carbocycles. The SMILES string of the molecule is CCOC(=O)Cc1ccc(NC(=O)Cc2ccc(N(C)S(=O)(=O)c3ccc(Cl)cc3)cc2)cc1. The summed E-state index contributed by atoms with van der Waals surface area (Å²) >= 11 is 5.85. The number of hydrogen-bond donors (Lipinski definition) is 1. The van der Waals surface area contributed by atoms with Crippen LogP contribution in [0.15, 0.2) is 77.7 Å². The van der Waals surface area contributed by atoms with Crippen LogP contribution in [0, 0.1) is 0 Å². The van der Waals surface area contributed by atoms with E-state index in [1.165, 1.54) is 35.6 Å². The Morgan fingerprint density at radius 3 is 2.03 bits per heavy atom. The number of ether oxygens (including phenoxy) is 1. The second-order valence-electron chi connectivity index (χ2n) is 7.50. The fourth-order valence-corrected chi connectivity index (χ4v) is 4.52. The Bertz CT molecular complexity index is 1240. The molecule has 0 bridgehead atoms. The molecule has 0 atom stereocenters. The van der Waals surface area contributed by atoms with Gasteiger partial charge in [-0.25, -0.2) is 8.42 Å². The Kier molecular flexibility index (Phi) is 8.31. The summed E-state index contributed by atoms with van der Waals surface area (Å²) in [5.41, 5.74) is 2.61. The minimum absolute atomic E-state index is 0.124. The maximum atomic E-state index is 12.8. The van der Waals surface area contributed by atoms with Gasteiger partial charge in [0.05, 0.1) is 30.0 Å². The van der Waals surface area contributed by atoms with Crippen molar-refractivity contribution in [3.8, 4) is 0 Å². The van der Waals surface area contributed by atoms with Crippen molar-refractivity contribution < 1.29 is 22.7 Å². The van der Waals surface area contributed by atoms with Crippen molar-refractivity contribution in [2.45, 2.75) is 24.7 Å². The quantitative estimate of drug-likeness (QED) is 0.438. The largest absolute Gasteiger partial charge is 0.466 e. The second kappa shape index (κ2) is 11.2. The number of sulfonamides is 1. The van der Waals surface area contributed by atoms with Gasteiger partial charge in [0.2, 0.25) is 5.91 Å². The third-order valence-corrected chi connectivity index (χ3v) is 7.08. The van der Waals surface area contributed by atoms with Gasteiger partial charge in [0.1, 0.15) is 0 Å². The third-order valence-electron chi connectivity index (χ3n) is 5.03. The van der Waals surface area contributed by atoms with Crippen LogP contribution in [0.4, 0.5) is 11.4 Å². The number of esters is 1. The lowest BCUT2D eigenvalue weighted by molar-refractivity contribution is -0.142. The number of rotatable bonds is 9. The summed E-state index contributed by atoms with van der Waals surface area (Å²) in [6, 6.07) is 19.7. The molecule has 1 N–H and O–H groups in total. The number of anilines is 2. The Morgan fingerprint density at radius 2 is 1.44 bits per heavy atom. The van der Waals surface area contributed by atoms with E-state index in [0.29, 0.717) is 23.0 Å². The van der Waals surface area contributed by atoms with E-state index in [2.05, 4.69) is 5.32 Å². The van der Waals surface area contributed by atoms with Gasteiger partial charge in [-0.3, -0.25) is 13.9 Å². The van der Waals surface area contributed by atoms with Crippen molar-refractivity contribution in [3.05, 3.63) is 88.9 Å². The Morgan fingerprint density at radius 1 is 0.882 bits per heavy atom. The highest BCUT2D eigenvalue weighted by Gasteiger charge is 2.21. The summed E-state index contributed by atoms with van der Waals surface area (Å²) in [5, 5.41) is 3.27. The van der Waals surface area contributed by atoms with Crippen LogP contribution in [0.25, 0.3) is 0 Å². The molecule has 3 aromatic rings. The lowest BCUT2D eigenvalue weighted by Crippen LogP contribution is -2.26. The first-order chi connectivity index (χ1) is 16.2. The van der Waals surface area contributed by atoms with Gasteiger partial charge >= 0.3 is 5.97 Å². The molecule has 0 spiro atoms. The van der Waals surface area contributed by atoms with Gasteiger partial charge in [0.15, 0.2) is 0 Å². The van der Waals surface area contributed by atoms with Crippen LogP contribution in [0.5, 0.6) is 0 Å². The molecule has 0 heterocycles. The average Bonchev–Trinajstić information content (AvgIpc) is 2.81. The molecule has 0 saturated heterocycles. The third kappa shape index (κ3) is 6.59. The van der Waals surface area contributed by atoms with Crippen LogP contribution in [-0.2, 0) is 37.2 Å². The highest BCUT2D eigenvalue weighted by atomic mass is 35.5. The fourth-order valence-electron chi connectivity index (χ4n) is 3.20. The van der Waals surface area contributed by atoms with E-state index >= 15 is 0 Å². The summed E-state index contributed by atoms with van der Waals surface area (Å²) in [5.74, 6) is -0.512. The number of carbonyl (C=O) groups is 2. The number of nitrogens with one attached hydrogen (secondary N) is 1. The number of carbonyl (C=O) groups excluding carboxylic acids is 2. The molecule has 0 aliphatic carbocycles. The van der Waals surface area contributed by atoms with E-state index in [1.54, 1.807) is 55.5 Å². The van der Waals surface area contributed by atoms with Crippen LogP contribution in [0.1, 0.15) is 18.1 Å². The van der Waals surface area contributed by atoms with Gasteiger partial charge in [0, 0.05) is 17.8 Å². The molecular weight excluding hydrogens is 476 g/mol. The van der Waals surface area contributed by atoms with Gasteiger partial charge in [-0.1, -0.05) is 35.9 Å². The van der Waals surface area contributed by atoms with E-state index in [9.17, 15) is 18.0 Å². The van der Waals surface area contributed by atoms with Crippen molar-refractivity contribution in [2.24, 2.45) is 0 Å². The number of amides is 1. The molecular formula is C25H25ClN2O5S. The standard InChI is InChI=1S/C25H25ClN2O5S/c1-3-33-25(30)17-19-4-10-21(11-5-19)27-24(29)16-18-6-12-22(13-7-18)28(2)34(31,32)23-14-8-20(26)9-15-23/h4-15H,3,16-17H2,1-2H3,(H,27,29). The van der Waals surface area contributed by atoms with E-state index in [0.717, 1.165) is 11.1 Å². The highest BCUT2D eigenvalue weighted by molar-refractivity contribution is 7.92. The lowest BCUT2D eigenvalue weighted by Gasteiger charge is -2.20. The number of nitrogens with zero attached hydrogens (tertiary/aromatic N) is 1. The molecule has 1 amide bonds. The molecule has 0 aliphatic heterocycles. The number of halogens is 1. The fraction of sp³-hybridized carbons (Fsp3) is 0.200. The van der Waals surface area contributed by atoms with Gasteiger partial charge < -0.3 is 10.1 Å². The van der Waals surface area contributed by atoms with Crippen LogP contribution in [0.3, 0.4) is 0 Å². The topological polar surface area (TPSA) is 92.8 Å². The summed E-state index contributed by atoms with van der Waals surface area (Å²) < 4.78 is 31.7. The molecule has 0 saturated carbocycles. The monoisotopic (exact) mass is 500 g/mol. The first-order valence-electron chi connectivity index (χ1n) is 10.6. The molecule has 178 valence electrons. The molecule has 0 aromatic heterocycles. The Balaban J connectivity index is 1.59. The van der Waals surface area contributed by atoms with Gasteiger partial charge in [0.25, 0.3) is 10.0 Å². The molecule has 0 radical (unpaired) electrons. The molecule has 9 heteroatoms. The Labute approximate surface area is 204 Å². The predicted molar refractivity (Wildman–Crippen MR) is 133 cm³/mol. The molecule has 7 nitrogen and oxygen atoms in total. The lowest BCUT2D eigenvalue weighted by atomic mass is 10.1. The van der Waals surface area contributed by atoms with Gasteiger partial charge in [-0.05, 0) is 66.6 Å². The zero-order valence-corrected chi connectivity index (χ0v) is 20.4. The number of hydrogen-bond acceptors (Lipinski definition) is 5. The minimum Gasteiger partial charge on any atom is -0.466 e. The Hall–Kier alpha value is -3.36. The average molecular weight is 501 g/mol. The number of benzene rings is 3. The smallest absolute Gasteiger partial charge is 0.310 e. The van der Waals surface area contributed by atoms with Gasteiger partial charge in [-0.15, -0.1) is 0 Å².